The maximum atomic E-state index is 12.7. The third-order valence-corrected chi connectivity index (χ3v) is 8.07. The third-order valence-electron chi connectivity index (χ3n) is 5.89. The third kappa shape index (κ3) is 3.71. The van der Waals surface area contributed by atoms with Crippen LogP contribution in [0.1, 0.15) is 33.1 Å². The number of ketones is 1. The molecule has 2 fully saturated rings. The Morgan fingerprint density at radius 2 is 2.16 bits per heavy atom. The van der Waals surface area contributed by atoms with Crippen LogP contribution < -0.4 is 10.0 Å². The van der Waals surface area contributed by atoms with Crippen LogP contribution in [-0.2, 0) is 19.6 Å². The zero-order valence-electron chi connectivity index (χ0n) is 14.8. The van der Waals surface area contributed by atoms with Crippen LogP contribution in [0.5, 0.6) is 0 Å². The zero-order valence-corrected chi connectivity index (χ0v) is 16.4. The second-order valence-electron chi connectivity index (χ2n) is 7.43. The molecule has 140 valence electrons. The van der Waals surface area contributed by atoms with Gasteiger partial charge < -0.3 is 5.32 Å². The minimum absolute atomic E-state index is 0.0227. The van der Waals surface area contributed by atoms with E-state index in [1.807, 2.05) is 13.8 Å². The minimum atomic E-state index is -3.83. The van der Waals surface area contributed by atoms with E-state index in [1.54, 1.807) is 12.3 Å². The highest BCUT2D eigenvalue weighted by Crippen LogP contribution is 2.64. The summed E-state index contributed by atoms with van der Waals surface area (Å²) in [7, 11) is -3.83. The van der Waals surface area contributed by atoms with Gasteiger partial charge in [0.05, 0.1) is 11.8 Å². The van der Waals surface area contributed by atoms with Gasteiger partial charge in [-0.3, -0.25) is 9.59 Å². The highest BCUT2D eigenvalue weighted by atomic mass is 32.2. The van der Waals surface area contributed by atoms with Crippen LogP contribution in [0.2, 0.25) is 0 Å². The fraction of sp³-hybridized carbons (Fsp3) is 0.812. The molecule has 0 aromatic rings. The standard InChI is InChI=1S/C16H25N3O4S2/c1-15(2)11-4-5-16(15,13(20)8-11)10-25(22,23)19-12(9-24-3)14(21)18-7-6-17/h11-12,19H,4-5,7-10H2,1-3H3,(H,18,21). The number of fused-ring (bicyclic) bond motifs is 2. The Morgan fingerprint density at radius 1 is 1.48 bits per heavy atom. The summed E-state index contributed by atoms with van der Waals surface area (Å²) in [6, 6.07) is 0.837. The first-order valence-corrected chi connectivity index (χ1v) is 11.3. The number of hydrogen-bond donors (Lipinski definition) is 2. The molecule has 0 saturated heterocycles. The molecule has 2 aliphatic carbocycles. The maximum Gasteiger partial charge on any atom is 0.239 e. The average molecular weight is 388 g/mol. The number of thioether (sulfide) groups is 1. The number of carbonyl (C=O) groups excluding carboxylic acids is 2. The molecule has 1 amide bonds. The Morgan fingerprint density at radius 3 is 2.64 bits per heavy atom. The smallest absolute Gasteiger partial charge is 0.239 e. The van der Waals surface area contributed by atoms with Crippen LogP contribution in [0.25, 0.3) is 0 Å². The molecule has 2 N–H and O–H groups in total. The number of nitrogens with one attached hydrogen (secondary N) is 2. The first-order valence-electron chi connectivity index (χ1n) is 8.26. The lowest BCUT2D eigenvalue weighted by Crippen LogP contribution is -2.52. The summed E-state index contributed by atoms with van der Waals surface area (Å²) in [5, 5.41) is 10.9. The highest BCUT2D eigenvalue weighted by Gasteiger charge is 2.65. The van der Waals surface area contributed by atoms with E-state index < -0.39 is 27.4 Å². The van der Waals surface area contributed by atoms with E-state index in [0.29, 0.717) is 12.8 Å². The normalized spacial score (nSPS) is 28.6. The Kier molecular flexibility index (Phi) is 5.86. The molecule has 0 aliphatic heterocycles. The molecule has 0 radical (unpaired) electrons. The Labute approximate surface area is 153 Å². The monoisotopic (exact) mass is 387 g/mol. The summed E-state index contributed by atoms with van der Waals surface area (Å²) in [5.41, 5.74) is -1.21. The number of sulfonamides is 1. The van der Waals surface area contributed by atoms with Crippen molar-refractivity contribution >= 4 is 33.5 Å². The van der Waals surface area contributed by atoms with Crippen molar-refractivity contribution in [3.05, 3.63) is 0 Å². The first kappa shape index (κ1) is 20.2. The number of hydrogen-bond acceptors (Lipinski definition) is 6. The second kappa shape index (κ2) is 7.25. The van der Waals surface area contributed by atoms with Gasteiger partial charge in [-0.05, 0) is 30.4 Å². The van der Waals surface area contributed by atoms with E-state index in [-0.39, 0.29) is 35.2 Å². The van der Waals surface area contributed by atoms with Crippen LogP contribution in [0.4, 0.5) is 0 Å². The molecule has 3 unspecified atom stereocenters. The predicted octanol–water partition coefficient (Wildman–Crippen LogP) is 0.673. The number of nitrogens with zero attached hydrogens (tertiary/aromatic N) is 1. The predicted molar refractivity (Wildman–Crippen MR) is 96.3 cm³/mol. The molecule has 2 saturated carbocycles. The molecular formula is C16H25N3O4S2. The van der Waals surface area contributed by atoms with Crippen molar-refractivity contribution in [1.29, 1.82) is 5.26 Å². The summed E-state index contributed by atoms with van der Waals surface area (Å²) in [4.78, 5) is 24.6. The first-order chi connectivity index (χ1) is 11.6. The summed E-state index contributed by atoms with van der Waals surface area (Å²) in [5.74, 6) is -0.300. The number of rotatable bonds is 8. The topological polar surface area (TPSA) is 116 Å². The molecule has 0 aromatic heterocycles. The van der Waals surface area contributed by atoms with E-state index in [9.17, 15) is 18.0 Å². The summed E-state index contributed by atoms with van der Waals surface area (Å²) < 4.78 is 27.9. The van der Waals surface area contributed by atoms with E-state index in [1.165, 1.54) is 11.8 Å². The summed E-state index contributed by atoms with van der Waals surface area (Å²) in [6.45, 7) is 3.77. The lowest BCUT2D eigenvalue weighted by molar-refractivity contribution is -0.128. The second-order valence-corrected chi connectivity index (χ2v) is 10.1. The Balaban J connectivity index is 2.16. The van der Waals surface area contributed by atoms with Gasteiger partial charge in [-0.1, -0.05) is 13.8 Å². The molecule has 2 rings (SSSR count). The SMILES string of the molecule is CSCC(NS(=O)(=O)CC12CCC(CC1=O)C2(C)C)C(=O)NCC#N. The quantitative estimate of drug-likeness (QED) is 0.592. The summed E-state index contributed by atoms with van der Waals surface area (Å²) >= 11 is 1.33. The van der Waals surface area contributed by atoms with E-state index in [2.05, 4.69) is 10.0 Å². The number of amides is 1. The number of Topliss-reactive ketones (excluding diaryl/α,β-unsaturated/α-hetero) is 1. The lowest BCUT2D eigenvalue weighted by Gasteiger charge is -2.36. The molecule has 25 heavy (non-hydrogen) atoms. The van der Waals surface area contributed by atoms with Crippen LogP contribution in [-0.4, -0.2) is 50.5 Å². The van der Waals surface area contributed by atoms with Crippen molar-refractivity contribution in [3.8, 4) is 6.07 Å². The van der Waals surface area contributed by atoms with E-state index in [0.717, 1.165) is 6.42 Å². The van der Waals surface area contributed by atoms with E-state index in [4.69, 9.17) is 5.26 Å². The maximum absolute atomic E-state index is 12.7. The van der Waals surface area contributed by atoms with Crippen molar-refractivity contribution in [2.75, 3.05) is 24.3 Å². The van der Waals surface area contributed by atoms with Gasteiger partial charge in [0.25, 0.3) is 0 Å². The summed E-state index contributed by atoms with van der Waals surface area (Å²) in [6.07, 6.45) is 3.66. The highest BCUT2D eigenvalue weighted by molar-refractivity contribution is 7.98. The average Bonchev–Trinajstić information content (AvgIpc) is 2.85. The fourth-order valence-corrected chi connectivity index (χ4v) is 6.98. The van der Waals surface area contributed by atoms with Gasteiger partial charge in [-0.15, -0.1) is 0 Å². The fourth-order valence-electron chi connectivity index (χ4n) is 4.27. The van der Waals surface area contributed by atoms with Crippen molar-refractivity contribution in [1.82, 2.24) is 10.0 Å². The Bertz CT molecular complexity index is 699. The van der Waals surface area contributed by atoms with Gasteiger partial charge in [0.1, 0.15) is 18.4 Å². The van der Waals surface area contributed by atoms with Gasteiger partial charge in [0, 0.05) is 17.6 Å². The van der Waals surface area contributed by atoms with E-state index >= 15 is 0 Å². The van der Waals surface area contributed by atoms with Crippen molar-refractivity contribution in [2.24, 2.45) is 16.7 Å². The van der Waals surface area contributed by atoms with Crippen LogP contribution >= 0.6 is 11.8 Å². The van der Waals surface area contributed by atoms with Crippen LogP contribution in [0, 0.1) is 28.1 Å². The van der Waals surface area contributed by atoms with Crippen LogP contribution in [0.15, 0.2) is 0 Å². The Hall–Kier alpha value is -1.11. The molecule has 2 aliphatic rings. The lowest BCUT2D eigenvalue weighted by atomic mass is 9.70. The molecule has 0 aromatic carbocycles. The van der Waals surface area contributed by atoms with Crippen LogP contribution in [0.3, 0.4) is 0 Å². The molecule has 7 nitrogen and oxygen atoms in total. The molecule has 0 spiro atoms. The van der Waals surface area contributed by atoms with Crippen molar-refractivity contribution in [2.45, 2.75) is 39.2 Å². The van der Waals surface area contributed by atoms with Gasteiger partial charge in [0.15, 0.2) is 0 Å². The van der Waals surface area contributed by atoms with Gasteiger partial charge in [-0.25, -0.2) is 13.1 Å². The van der Waals surface area contributed by atoms with Gasteiger partial charge in [-0.2, -0.15) is 17.0 Å². The minimum Gasteiger partial charge on any atom is -0.342 e. The van der Waals surface area contributed by atoms with Gasteiger partial charge in [0.2, 0.25) is 15.9 Å². The molecule has 3 atom stereocenters. The largest absolute Gasteiger partial charge is 0.342 e. The molecule has 9 heteroatoms. The molecule has 0 heterocycles. The van der Waals surface area contributed by atoms with Gasteiger partial charge >= 0.3 is 0 Å². The molecule has 2 bridgehead atoms. The number of carbonyl (C=O) groups is 2. The number of nitriles is 1. The van der Waals surface area contributed by atoms with Crippen molar-refractivity contribution in [3.63, 3.8) is 0 Å². The molecular weight excluding hydrogens is 362 g/mol. The zero-order chi connectivity index (χ0) is 18.9. The van der Waals surface area contributed by atoms with Crippen molar-refractivity contribution < 1.29 is 18.0 Å².